The van der Waals surface area contributed by atoms with Crippen LogP contribution in [0, 0.1) is 0 Å². The van der Waals surface area contributed by atoms with Crippen LogP contribution in [0.15, 0.2) is 127 Å². The van der Waals surface area contributed by atoms with Crippen LogP contribution in [0.1, 0.15) is 107 Å². The minimum Gasteiger partial charge on any atom is -0.494 e. The number of hydrogen-bond acceptors (Lipinski definition) is 14. The summed E-state index contributed by atoms with van der Waals surface area (Å²) in [5, 5.41) is 8.19. The van der Waals surface area contributed by atoms with Gasteiger partial charge in [0.25, 0.3) is 0 Å². The summed E-state index contributed by atoms with van der Waals surface area (Å²) >= 11 is 0. The molecule has 14 nitrogen and oxygen atoms in total. The molecule has 0 fully saturated rings. The zero-order chi connectivity index (χ0) is 45.8. The lowest BCUT2D eigenvalue weighted by Gasteiger charge is -2.11. The summed E-state index contributed by atoms with van der Waals surface area (Å²) in [6.07, 6.45) is 12.7. The summed E-state index contributed by atoms with van der Waals surface area (Å²) < 4.78 is 37.9. The molecule has 0 unspecified atom stereocenters. The van der Waals surface area contributed by atoms with Crippen molar-refractivity contribution < 1.29 is 57.1 Å². The fourth-order valence-electron chi connectivity index (χ4n) is 5.66. The van der Waals surface area contributed by atoms with Gasteiger partial charge in [-0.2, -0.15) is 10.2 Å². The van der Waals surface area contributed by atoms with Crippen LogP contribution < -0.4 is 18.9 Å². The van der Waals surface area contributed by atoms with Crippen LogP contribution in [-0.2, 0) is 23.8 Å². The van der Waals surface area contributed by atoms with Crippen LogP contribution in [0.3, 0.4) is 0 Å². The number of ether oxygens (including phenoxy) is 7. The van der Waals surface area contributed by atoms with Gasteiger partial charge in [-0.05, 0) is 154 Å². The Bertz CT molecular complexity index is 2200. The van der Waals surface area contributed by atoms with E-state index in [0.717, 1.165) is 63.5 Å². The van der Waals surface area contributed by atoms with Crippen LogP contribution in [-0.4, -0.2) is 75.3 Å². The van der Waals surface area contributed by atoms with E-state index in [4.69, 9.17) is 33.2 Å². The highest BCUT2D eigenvalue weighted by Gasteiger charge is 2.21. The summed E-state index contributed by atoms with van der Waals surface area (Å²) in [6, 6.07) is 24.6. The fraction of sp³-hybridized carbons (Fsp3) is 0.300. The van der Waals surface area contributed by atoms with E-state index >= 15 is 0 Å². The van der Waals surface area contributed by atoms with Gasteiger partial charge in [0.15, 0.2) is 0 Å². The predicted octanol–water partition coefficient (Wildman–Crippen LogP) is 9.48. The Balaban J connectivity index is 1.23. The van der Waals surface area contributed by atoms with Gasteiger partial charge in [-0.1, -0.05) is 26.1 Å². The zero-order valence-electron chi connectivity index (χ0n) is 36.1. The Hall–Kier alpha value is -7.35. The minimum absolute atomic E-state index is 0.0185. The van der Waals surface area contributed by atoms with Gasteiger partial charge in [0.05, 0.1) is 62.2 Å². The van der Waals surface area contributed by atoms with Crippen LogP contribution in [0.25, 0.3) is 0 Å². The average molecular weight is 875 g/mol. The highest BCUT2D eigenvalue weighted by atomic mass is 16.6. The molecule has 64 heavy (non-hydrogen) atoms. The normalized spacial score (nSPS) is 10.8. The van der Waals surface area contributed by atoms with Crippen LogP contribution in [0.4, 0.5) is 0 Å². The van der Waals surface area contributed by atoms with E-state index in [1.165, 1.54) is 24.6 Å². The maximum atomic E-state index is 13.3. The number of carbonyl (C=O) groups excluding carboxylic acids is 5. The highest BCUT2D eigenvalue weighted by molar-refractivity contribution is 6.05. The molecule has 0 radical (unpaired) electrons. The predicted molar refractivity (Wildman–Crippen MR) is 242 cm³/mol. The van der Waals surface area contributed by atoms with Crippen molar-refractivity contribution in [2.45, 2.75) is 64.7 Å². The van der Waals surface area contributed by atoms with Gasteiger partial charge in [0.1, 0.15) is 23.0 Å². The summed E-state index contributed by atoms with van der Waals surface area (Å²) in [5.74, 6) is -0.900. The molecular formula is C50H54N2O12. The quantitative estimate of drug-likeness (QED) is 0.0101. The van der Waals surface area contributed by atoms with Gasteiger partial charge in [-0.25, -0.2) is 24.0 Å². The second-order valence-corrected chi connectivity index (χ2v) is 14.0. The van der Waals surface area contributed by atoms with Gasteiger partial charge < -0.3 is 33.2 Å². The second-order valence-electron chi connectivity index (χ2n) is 14.0. The topological polar surface area (TPSA) is 175 Å². The van der Waals surface area contributed by atoms with E-state index in [0.29, 0.717) is 66.8 Å². The Morgan fingerprint density at radius 1 is 0.469 bits per heavy atom. The van der Waals surface area contributed by atoms with E-state index in [2.05, 4.69) is 23.4 Å². The molecule has 0 aliphatic carbocycles. The van der Waals surface area contributed by atoms with Crippen molar-refractivity contribution in [1.29, 1.82) is 0 Å². The van der Waals surface area contributed by atoms with Crippen LogP contribution >= 0.6 is 0 Å². The number of esters is 5. The standard InChI is InChI=1S/C50H54N2O12/c1-4-29-62-49(56)45-34-38(17-28-44(45)50(57)64-43-26-24-41(25-27-43)59-31-12-8-10-14-33-61-47(54)6-3)36-52-51-35-37-15-20-42(21-16-37)63-48(55)39-18-22-40(23-19-39)58-30-11-7-9-13-32-60-46(53)5-2/h5-6,15-28,34-36H,2-4,7-14,29-33H2,1H3/b51-35+,52-36+. The van der Waals surface area contributed by atoms with Gasteiger partial charge in [0, 0.05) is 12.2 Å². The first kappa shape index (κ1) is 49.3. The molecule has 4 aromatic rings. The molecule has 0 saturated heterocycles. The van der Waals surface area contributed by atoms with Gasteiger partial charge in [-0.15, -0.1) is 0 Å². The number of nitrogens with zero attached hydrogens (tertiary/aromatic N) is 2. The Morgan fingerprint density at radius 3 is 1.45 bits per heavy atom. The summed E-state index contributed by atoms with van der Waals surface area (Å²) in [6.45, 7) is 10.5. The molecule has 4 rings (SSSR count). The van der Waals surface area contributed by atoms with Crippen molar-refractivity contribution in [3.05, 3.63) is 144 Å². The molecule has 0 bridgehead atoms. The molecule has 0 N–H and O–H groups in total. The Morgan fingerprint density at radius 2 is 0.922 bits per heavy atom. The lowest BCUT2D eigenvalue weighted by Crippen LogP contribution is -2.16. The maximum absolute atomic E-state index is 13.3. The fourth-order valence-corrected chi connectivity index (χ4v) is 5.66. The second kappa shape index (κ2) is 28.3. The van der Waals surface area contributed by atoms with Crippen molar-refractivity contribution in [3.8, 4) is 23.0 Å². The molecule has 0 heterocycles. The molecule has 336 valence electrons. The van der Waals surface area contributed by atoms with Gasteiger partial charge in [0.2, 0.25) is 0 Å². The first-order valence-electron chi connectivity index (χ1n) is 21.1. The van der Waals surface area contributed by atoms with E-state index in [-0.39, 0.29) is 23.5 Å². The van der Waals surface area contributed by atoms with Crippen molar-refractivity contribution in [2.75, 3.05) is 33.0 Å². The first-order chi connectivity index (χ1) is 31.2. The summed E-state index contributed by atoms with van der Waals surface area (Å²) in [4.78, 5) is 61.2. The van der Waals surface area contributed by atoms with Crippen molar-refractivity contribution in [2.24, 2.45) is 10.2 Å². The Kier molecular flexibility index (Phi) is 21.8. The molecule has 0 amide bonds. The molecule has 0 saturated carbocycles. The van der Waals surface area contributed by atoms with Crippen LogP contribution in [0.2, 0.25) is 0 Å². The monoisotopic (exact) mass is 874 g/mol. The van der Waals surface area contributed by atoms with E-state index in [1.807, 2.05) is 6.92 Å². The third-order valence-electron chi connectivity index (χ3n) is 9.05. The summed E-state index contributed by atoms with van der Waals surface area (Å²) in [5.41, 5.74) is 1.59. The lowest BCUT2D eigenvalue weighted by molar-refractivity contribution is -0.138. The van der Waals surface area contributed by atoms with Crippen molar-refractivity contribution >= 4 is 42.3 Å². The van der Waals surface area contributed by atoms with E-state index in [1.54, 1.807) is 78.9 Å². The summed E-state index contributed by atoms with van der Waals surface area (Å²) in [7, 11) is 0. The van der Waals surface area contributed by atoms with Crippen molar-refractivity contribution in [1.82, 2.24) is 0 Å². The van der Waals surface area contributed by atoms with Crippen molar-refractivity contribution in [3.63, 3.8) is 0 Å². The average Bonchev–Trinajstić information content (AvgIpc) is 3.32. The van der Waals surface area contributed by atoms with E-state index < -0.39 is 29.8 Å². The molecular weight excluding hydrogens is 821 g/mol. The molecule has 0 aliphatic rings. The largest absolute Gasteiger partial charge is 0.494 e. The number of rotatable bonds is 28. The Labute approximate surface area is 373 Å². The smallest absolute Gasteiger partial charge is 0.344 e. The van der Waals surface area contributed by atoms with Gasteiger partial charge in [-0.3, -0.25) is 0 Å². The maximum Gasteiger partial charge on any atom is 0.344 e. The molecule has 0 aromatic heterocycles. The number of benzene rings is 4. The number of carbonyl (C=O) groups is 5. The molecule has 4 aromatic carbocycles. The first-order valence-corrected chi connectivity index (χ1v) is 21.1. The molecule has 0 aliphatic heterocycles. The number of hydrogen-bond donors (Lipinski definition) is 0. The molecule has 0 atom stereocenters. The SMILES string of the molecule is C=CC(=O)OCCCCCCOc1ccc(OC(=O)c2ccc(/C=N/N=C/c3ccc(OC(=O)c4ccc(OCCCCCCOC(=O)C=C)cc4)cc3)cc2C(=O)OCCC)cc1. The van der Waals surface area contributed by atoms with E-state index in [9.17, 15) is 24.0 Å². The third-order valence-corrected chi connectivity index (χ3v) is 9.05. The number of unbranched alkanes of at least 4 members (excludes halogenated alkanes) is 6. The highest BCUT2D eigenvalue weighted by Crippen LogP contribution is 2.22. The minimum atomic E-state index is -0.739. The molecule has 0 spiro atoms. The zero-order valence-corrected chi connectivity index (χ0v) is 36.1. The van der Waals surface area contributed by atoms with Crippen LogP contribution in [0.5, 0.6) is 23.0 Å². The lowest BCUT2D eigenvalue weighted by atomic mass is 10.0. The third kappa shape index (κ3) is 18.3. The van der Waals surface area contributed by atoms with Gasteiger partial charge >= 0.3 is 29.8 Å². The molecule has 14 heteroatoms.